The van der Waals surface area contributed by atoms with Crippen LogP contribution in [-0.4, -0.2) is 45.7 Å². The molecule has 8 aromatic rings. The molecule has 0 aliphatic carbocycles. The molecule has 0 atom stereocenters. The first-order valence-electron chi connectivity index (χ1n) is 21.9. The molecule has 378 valence electrons. The molecule has 0 saturated heterocycles. The molecule has 8 aromatic carbocycles. The van der Waals surface area contributed by atoms with E-state index in [4.69, 9.17) is 16.7 Å². The van der Waals surface area contributed by atoms with Crippen molar-refractivity contribution in [2.45, 2.75) is 33.4 Å². The molecule has 0 aromatic heterocycles. The van der Waals surface area contributed by atoms with Crippen LogP contribution >= 0.6 is 0 Å². The smallest absolute Gasteiger partial charge is 0.345 e. The Hall–Kier alpha value is -8.70. The standard InChI is InChI=1S/C52H42N4O14S4/c1-37-16-34-49(35-17-37)73(63,64)67-43-26-18-39(19-27-43)53-51(57)55(41-22-30-45(31-23-41)68-71(59,60)47-11-5-3-6-12-47)56(42-24-32-46(33-25-42)69-72(61,62)48-13-7-4-8-14-48)52(58)54-40-20-28-44(29-21-40)70-74(65,66)50-15-9-10-38(2)36-50/h3-36H,1-2H3,(H,53,57)(H,54,58). The number of urea groups is 2. The molecule has 2 N–H and O–H groups in total. The average Bonchev–Trinajstić information content (AvgIpc) is 3.38. The first-order valence-corrected chi connectivity index (χ1v) is 27.5. The van der Waals surface area contributed by atoms with Crippen LogP contribution in [0, 0.1) is 13.8 Å². The van der Waals surface area contributed by atoms with E-state index in [0.29, 0.717) is 5.56 Å². The van der Waals surface area contributed by atoms with Gasteiger partial charge in [0.2, 0.25) is 0 Å². The first-order chi connectivity index (χ1) is 35.2. The van der Waals surface area contributed by atoms with Crippen LogP contribution < -0.4 is 37.4 Å². The highest BCUT2D eigenvalue weighted by atomic mass is 32.2. The molecule has 0 aliphatic heterocycles. The van der Waals surface area contributed by atoms with Crippen molar-refractivity contribution in [3.05, 3.63) is 217 Å². The number of rotatable bonds is 16. The summed E-state index contributed by atoms with van der Waals surface area (Å²) >= 11 is 0. The van der Waals surface area contributed by atoms with Gasteiger partial charge in [0.15, 0.2) is 0 Å². The minimum atomic E-state index is -4.32. The third kappa shape index (κ3) is 12.7. The summed E-state index contributed by atoms with van der Waals surface area (Å²) in [5, 5.41) is 7.07. The van der Waals surface area contributed by atoms with Gasteiger partial charge in [-0.2, -0.15) is 43.7 Å². The maximum atomic E-state index is 14.8. The molecule has 0 spiro atoms. The zero-order valence-corrected chi connectivity index (χ0v) is 42.1. The van der Waals surface area contributed by atoms with Crippen LogP contribution in [0.15, 0.2) is 226 Å². The molecule has 74 heavy (non-hydrogen) atoms. The number of nitrogens with one attached hydrogen (secondary N) is 2. The van der Waals surface area contributed by atoms with Gasteiger partial charge in [0, 0.05) is 11.4 Å². The number of hydrazine groups is 1. The molecule has 18 nitrogen and oxygen atoms in total. The summed E-state index contributed by atoms with van der Waals surface area (Å²) in [7, 11) is -17.1. The van der Waals surface area contributed by atoms with Gasteiger partial charge in [-0.3, -0.25) is 0 Å². The summed E-state index contributed by atoms with van der Waals surface area (Å²) in [6.45, 7) is 3.53. The molecule has 0 aliphatic rings. The SMILES string of the molecule is Cc1ccc(S(=O)(=O)Oc2ccc(NC(=O)N(c3ccc(OS(=O)(=O)c4ccccc4)cc3)N(C(=O)Nc3ccc(OS(=O)(=O)c4cccc(C)c4)cc3)c3ccc(OS(=O)(=O)c4ccccc4)cc3)cc2)cc1. The number of carbonyl (C=O) groups is 2. The minimum absolute atomic E-state index is 0.0663. The Kier molecular flexibility index (Phi) is 15.1. The summed E-state index contributed by atoms with van der Waals surface area (Å²) in [6.07, 6.45) is 0. The summed E-state index contributed by atoms with van der Waals surface area (Å²) in [4.78, 5) is 29.2. The monoisotopic (exact) mass is 1070 g/mol. The molecule has 22 heteroatoms. The van der Waals surface area contributed by atoms with Crippen molar-refractivity contribution in [1.82, 2.24) is 0 Å². The van der Waals surface area contributed by atoms with Crippen molar-refractivity contribution >= 4 is 75.3 Å². The Labute approximate surface area is 427 Å². The Morgan fingerprint density at radius 2 is 0.649 bits per heavy atom. The van der Waals surface area contributed by atoms with Crippen LogP contribution in [0.3, 0.4) is 0 Å². The number of aryl methyl sites for hydroxylation is 2. The molecule has 8 rings (SSSR count). The van der Waals surface area contributed by atoms with Crippen molar-refractivity contribution in [3.8, 4) is 23.0 Å². The molecule has 0 heterocycles. The van der Waals surface area contributed by atoms with Gasteiger partial charge in [0.25, 0.3) is 0 Å². The number of amides is 4. The number of hydrogen-bond acceptors (Lipinski definition) is 14. The molecule has 0 saturated carbocycles. The van der Waals surface area contributed by atoms with Gasteiger partial charge in [-0.05, 0) is 165 Å². The third-order valence-corrected chi connectivity index (χ3v) is 15.5. The fraction of sp³-hybridized carbons (Fsp3) is 0.0385. The zero-order valence-electron chi connectivity index (χ0n) is 38.9. The van der Waals surface area contributed by atoms with E-state index >= 15 is 0 Å². The predicted octanol–water partition coefficient (Wildman–Crippen LogP) is 10.1. The Morgan fingerprint density at radius 1 is 0.338 bits per heavy atom. The van der Waals surface area contributed by atoms with E-state index in [1.807, 2.05) is 0 Å². The number of benzene rings is 8. The predicted molar refractivity (Wildman–Crippen MR) is 275 cm³/mol. The second-order valence-corrected chi connectivity index (χ2v) is 22.1. The highest BCUT2D eigenvalue weighted by Gasteiger charge is 2.31. The lowest BCUT2D eigenvalue weighted by Crippen LogP contribution is -2.53. The van der Waals surface area contributed by atoms with Crippen molar-refractivity contribution in [2.75, 3.05) is 20.7 Å². The Bertz CT molecular complexity index is 3760. The molecule has 0 fully saturated rings. The molecule has 0 unspecified atom stereocenters. The van der Waals surface area contributed by atoms with Crippen LogP contribution in [0.5, 0.6) is 23.0 Å². The molecular weight excluding hydrogens is 1030 g/mol. The third-order valence-electron chi connectivity index (χ3n) is 10.4. The van der Waals surface area contributed by atoms with Crippen LogP contribution in [0.1, 0.15) is 11.1 Å². The van der Waals surface area contributed by atoms with Crippen LogP contribution in [0.4, 0.5) is 32.3 Å². The maximum Gasteiger partial charge on any atom is 0.345 e. The lowest BCUT2D eigenvalue weighted by Gasteiger charge is -2.34. The lowest BCUT2D eigenvalue weighted by molar-refractivity contribution is 0.248. The van der Waals surface area contributed by atoms with Gasteiger partial charge >= 0.3 is 52.5 Å². The second kappa shape index (κ2) is 21.6. The quantitative estimate of drug-likeness (QED) is 0.0676. The van der Waals surface area contributed by atoms with Crippen molar-refractivity contribution in [1.29, 1.82) is 0 Å². The van der Waals surface area contributed by atoms with E-state index in [-0.39, 0.29) is 65.3 Å². The molecule has 4 amide bonds. The highest BCUT2D eigenvalue weighted by molar-refractivity contribution is 7.88. The van der Waals surface area contributed by atoms with Crippen LogP contribution in [0.25, 0.3) is 0 Å². The topological polar surface area (TPSA) is 238 Å². The second-order valence-electron chi connectivity index (χ2n) is 15.9. The van der Waals surface area contributed by atoms with E-state index < -0.39 is 52.5 Å². The maximum absolute atomic E-state index is 14.8. The fourth-order valence-electron chi connectivity index (χ4n) is 6.82. The van der Waals surface area contributed by atoms with Gasteiger partial charge in [-0.25, -0.2) is 9.59 Å². The number of hydrogen-bond donors (Lipinski definition) is 2. The summed E-state index contributed by atoms with van der Waals surface area (Å²) < 4.78 is 126. The number of nitrogens with zero attached hydrogens (tertiary/aromatic N) is 2. The summed E-state index contributed by atoms with van der Waals surface area (Å²) in [5.74, 6) is -0.525. The molecular formula is C52H42N4O14S4. The van der Waals surface area contributed by atoms with Crippen molar-refractivity contribution in [3.63, 3.8) is 0 Å². The number of carbonyl (C=O) groups excluding carboxylic acids is 2. The van der Waals surface area contributed by atoms with Gasteiger partial charge < -0.3 is 27.4 Å². The van der Waals surface area contributed by atoms with Crippen molar-refractivity contribution < 1.29 is 60.0 Å². The fourth-order valence-corrected chi connectivity index (χ4v) is 10.7. The Morgan fingerprint density at radius 3 is 1.00 bits per heavy atom. The van der Waals surface area contributed by atoms with Gasteiger partial charge in [0.05, 0.1) is 11.4 Å². The van der Waals surface area contributed by atoms with E-state index in [2.05, 4.69) is 10.6 Å². The minimum Gasteiger partial charge on any atom is -0.379 e. The molecule has 0 radical (unpaired) electrons. The summed E-state index contributed by atoms with van der Waals surface area (Å²) in [6, 6.07) is 45.4. The van der Waals surface area contributed by atoms with E-state index in [1.54, 1.807) is 50.2 Å². The van der Waals surface area contributed by atoms with Crippen LogP contribution in [0.2, 0.25) is 0 Å². The van der Waals surface area contributed by atoms with E-state index in [1.165, 1.54) is 170 Å². The lowest BCUT2D eigenvalue weighted by atomic mass is 10.2. The number of anilines is 4. The Balaban J connectivity index is 1.14. The largest absolute Gasteiger partial charge is 0.379 e. The highest BCUT2D eigenvalue weighted by Crippen LogP contribution is 2.32. The van der Waals surface area contributed by atoms with Crippen LogP contribution in [-0.2, 0) is 40.5 Å². The van der Waals surface area contributed by atoms with Gasteiger partial charge in [-0.1, -0.05) is 66.2 Å². The van der Waals surface area contributed by atoms with Crippen molar-refractivity contribution in [2.24, 2.45) is 0 Å². The summed E-state index contributed by atoms with van der Waals surface area (Å²) in [5.41, 5.74) is 1.56. The molecule has 0 bridgehead atoms. The van der Waals surface area contributed by atoms with Gasteiger partial charge in [0.1, 0.15) is 42.6 Å². The van der Waals surface area contributed by atoms with E-state index in [9.17, 15) is 43.3 Å². The normalized spacial score (nSPS) is 11.6. The van der Waals surface area contributed by atoms with Gasteiger partial charge in [-0.15, -0.1) is 0 Å². The first kappa shape index (κ1) is 51.6. The average molecular weight is 1080 g/mol. The zero-order chi connectivity index (χ0) is 52.7. The van der Waals surface area contributed by atoms with E-state index in [0.717, 1.165) is 15.6 Å².